The van der Waals surface area contributed by atoms with Gasteiger partial charge in [-0.15, -0.1) is 0 Å². The molecule has 0 aliphatic carbocycles. The van der Waals surface area contributed by atoms with E-state index >= 15 is 0 Å². The molecule has 0 aromatic heterocycles. The lowest BCUT2D eigenvalue weighted by molar-refractivity contribution is -0.142. The molecule has 0 aromatic rings. The SMILES string of the molecule is CC(=O)[C@H](NC(=O)[C@@H](C)N(C)C(=O)[C@H](C)N(C)C(=O)OC(C)(C)C)[C@H](O)C(C)C. The Bertz CT molecular complexity index is 614. The van der Waals surface area contributed by atoms with Gasteiger partial charge in [0.1, 0.15) is 23.7 Å². The van der Waals surface area contributed by atoms with Crippen molar-refractivity contribution in [1.29, 1.82) is 0 Å². The molecule has 0 rings (SSSR count). The molecule has 0 spiro atoms. The number of hydrogen-bond donors (Lipinski definition) is 2. The van der Waals surface area contributed by atoms with E-state index in [1.807, 2.05) is 0 Å². The van der Waals surface area contributed by atoms with E-state index in [0.717, 1.165) is 4.90 Å². The van der Waals surface area contributed by atoms with E-state index in [9.17, 15) is 24.3 Å². The summed E-state index contributed by atoms with van der Waals surface area (Å²) in [5.41, 5.74) is -0.702. The maximum Gasteiger partial charge on any atom is 0.410 e. The fraction of sp³-hybridized carbons (Fsp3) is 0.800. The lowest BCUT2D eigenvalue weighted by Crippen LogP contribution is -2.57. The van der Waals surface area contributed by atoms with Crippen LogP contribution in [0.3, 0.4) is 0 Å². The number of carbonyl (C=O) groups excluding carboxylic acids is 4. The van der Waals surface area contributed by atoms with Crippen LogP contribution in [-0.4, -0.2) is 82.5 Å². The topological polar surface area (TPSA) is 116 Å². The van der Waals surface area contributed by atoms with Crippen molar-refractivity contribution in [3.8, 4) is 0 Å². The molecule has 0 unspecified atom stereocenters. The normalized spacial score (nSPS) is 15.7. The van der Waals surface area contributed by atoms with Gasteiger partial charge in [-0.05, 0) is 47.5 Å². The Morgan fingerprint density at radius 2 is 1.41 bits per heavy atom. The first-order valence-corrected chi connectivity index (χ1v) is 9.72. The first-order valence-electron chi connectivity index (χ1n) is 9.72. The van der Waals surface area contributed by atoms with Crippen LogP contribution < -0.4 is 5.32 Å². The minimum absolute atomic E-state index is 0.235. The molecule has 4 atom stereocenters. The fourth-order valence-electron chi connectivity index (χ4n) is 2.41. The summed E-state index contributed by atoms with van der Waals surface area (Å²) < 4.78 is 5.26. The number of ether oxygens (including phenoxy) is 1. The molecular weight excluding hydrogens is 378 g/mol. The van der Waals surface area contributed by atoms with Gasteiger partial charge in [0.15, 0.2) is 5.78 Å². The van der Waals surface area contributed by atoms with E-state index in [4.69, 9.17) is 4.74 Å². The number of rotatable bonds is 8. The van der Waals surface area contributed by atoms with E-state index in [2.05, 4.69) is 5.32 Å². The predicted molar refractivity (Wildman–Crippen MR) is 109 cm³/mol. The van der Waals surface area contributed by atoms with Crippen molar-refractivity contribution >= 4 is 23.7 Å². The minimum atomic E-state index is -1.06. The van der Waals surface area contributed by atoms with Crippen molar-refractivity contribution in [3.63, 3.8) is 0 Å². The molecule has 9 nitrogen and oxygen atoms in total. The Morgan fingerprint density at radius 1 is 0.931 bits per heavy atom. The highest BCUT2D eigenvalue weighted by Crippen LogP contribution is 2.13. The van der Waals surface area contributed by atoms with Crippen LogP contribution in [0.15, 0.2) is 0 Å². The van der Waals surface area contributed by atoms with Gasteiger partial charge in [-0.2, -0.15) is 0 Å². The number of aliphatic hydroxyl groups excluding tert-OH is 1. The number of Topliss-reactive ketones (excluding diaryl/α,β-unsaturated/α-hetero) is 1. The van der Waals surface area contributed by atoms with Gasteiger partial charge in [-0.1, -0.05) is 13.8 Å². The van der Waals surface area contributed by atoms with Gasteiger partial charge in [-0.3, -0.25) is 19.3 Å². The molecule has 0 heterocycles. The van der Waals surface area contributed by atoms with Crippen LogP contribution in [-0.2, 0) is 19.1 Å². The molecule has 0 radical (unpaired) electrons. The number of likely N-dealkylation sites (N-methyl/N-ethyl adjacent to an activating group) is 2. The Balaban J connectivity index is 5.18. The third-order valence-electron chi connectivity index (χ3n) is 4.69. The standard InChI is InChI=1S/C20H37N3O6/c1-11(2)16(25)15(14(5)24)21-17(26)12(3)22(9)18(27)13(4)23(10)19(28)29-20(6,7)8/h11-13,15-16,25H,1-10H3,(H,21,26)/t12-,13+,15+,16-/m1/s1. The Kier molecular flexibility index (Phi) is 9.78. The molecule has 2 N–H and O–H groups in total. The second-order valence-electron chi connectivity index (χ2n) is 8.72. The average Bonchev–Trinajstić information content (AvgIpc) is 2.60. The summed E-state index contributed by atoms with van der Waals surface area (Å²) in [4.78, 5) is 51.7. The second kappa shape index (κ2) is 10.6. The van der Waals surface area contributed by atoms with Gasteiger partial charge in [0, 0.05) is 14.1 Å². The summed E-state index contributed by atoms with van der Waals surface area (Å²) in [7, 11) is 2.88. The number of ketones is 1. The van der Waals surface area contributed by atoms with Gasteiger partial charge in [-0.25, -0.2) is 4.79 Å². The zero-order chi connectivity index (χ0) is 23.3. The Hall–Kier alpha value is -2.16. The van der Waals surface area contributed by atoms with Gasteiger partial charge in [0.25, 0.3) is 0 Å². The number of carbonyl (C=O) groups is 4. The molecule has 0 saturated heterocycles. The molecule has 0 aliphatic rings. The van der Waals surface area contributed by atoms with Crippen molar-refractivity contribution < 1.29 is 29.0 Å². The third-order valence-corrected chi connectivity index (χ3v) is 4.69. The molecule has 9 heteroatoms. The average molecular weight is 416 g/mol. The zero-order valence-electron chi connectivity index (χ0n) is 19.3. The van der Waals surface area contributed by atoms with Crippen molar-refractivity contribution in [1.82, 2.24) is 15.1 Å². The van der Waals surface area contributed by atoms with Crippen LogP contribution >= 0.6 is 0 Å². The van der Waals surface area contributed by atoms with Gasteiger partial charge in [0.05, 0.1) is 6.10 Å². The van der Waals surface area contributed by atoms with Crippen LogP contribution in [0.5, 0.6) is 0 Å². The number of nitrogens with one attached hydrogen (secondary N) is 1. The van der Waals surface area contributed by atoms with Crippen molar-refractivity contribution in [2.24, 2.45) is 5.92 Å². The molecule has 0 aliphatic heterocycles. The molecule has 3 amide bonds. The van der Waals surface area contributed by atoms with E-state index in [-0.39, 0.29) is 11.7 Å². The largest absolute Gasteiger partial charge is 0.444 e. The summed E-state index contributed by atoms with van der Waals surface area (Å²) in [5, 5.41) is 12.7. The molecular formula is C20H37N3O6. The Morgan fingerprint density at radius 3 is 1.79 bits per heavy atom. The number of nitrogens with zero attached hydrogens (tertiary/aromatic N) is 2. The van der Waals surface area contributed by atoms with Crippen molar-refractivity contribution in [3.05, 3.63) is 0 Å². The second-order valence-corrected chi connectivity index (χ2v) is 8.72. The maximum absolute atomic E-state index is 12.7. The number of aliphatic hydroxyl groups is 1. The Labute approximate surface area is 173 Å². The predicted octanol–water partition coefficient (Wildman–Crippen LogP) is 1.18. The smallest absolute Gasteiger partial charge is 0.410 e. The summed E-state index contributed by atoms with van der Waals surface area (Å²) >= 11 is 0. The number of hydrogen-bond acceptors (Lipinski definition) is 6. The summed E-state index contributed by atoms with van der Waals surface area (Å²) in [5.74, 6) is -1.65. The molecule has 0 fully saturated rings. The first kappa shape index (κ1) is 26.8. The highest BCUT2D eigenvalue weighted by atomic mass is 16.6. The molecule has 168 valence electrons. The van der Waals surface area contributed by atoms with Gasteiger partial charge >= 0.3 is 6.09 Å². The third kappa shape index (κ3) is 8.00. The van der Waals surface area contributed by atoms with Gasteiger partial charge < -0.3 is 20.1 Å². The number of amides is 3. The highest BCUT2D eigenvalue weighted by molar-refractivity contribution is 5.93. The lowest BCUT2D eigenvalue weighted by Gasteiger charge is -2.33. The fourth-order valence-corrected chi connectivity index (χ4v) is 2.41. The van der Waals surface area contributed by atoms with E-state index < -0.39 is 47.7 Å². The maximum atomic E-state index is 12.7. The van der Waals surface area contributed by atoms with E-state index in [1.165, 1.54) is 39.8 Å². The summed E-state index contributed by atoms with van der Waals surface area (Å²) in [6.45, 7) is 13.0. The van der Waals surface area contributed by atoms with Gasteiger partial charge in [0.2, 0.25) is 11.8 Å². The summed E-state index contributed by atoms with van der Waals surface area (Å²) in [6.07, 6.45) is -1.69. The minimum Gasteiger partial charge on any atom is -0.444 e. The zero-order valence-corrected chi connectivity index (χ0v) is 19.3. The van der Waals surface area contributed by atoms with Crippen molar-refractivity contribution in [2.75, 3.05) is 14.1 Å². The van der Waals surface area contributed by atoms with Crippen LogP contribution in [0, 0.1) is 5.92 Å². The lowest BCUT2D eigenvalue weighted by atomic mass is 9.96. The van der Waals surface area contributed by atoms with Crippen LogP contribution in [0.1, 0.15) is 55.4 Å². The van der Waals surface area contributed by atoms with E-state index in [0.29, 0.717) is 0 Å². The highest BCUT2D eigenvalue weighted by Gasteiger charge is 2.34. The quantitative estimate of drug-likeness (QED) is 0.615. The van der Waals surface area contributed by atoms with Crippen LogP contribution in [0.2, 0.25) is 0 Å². The van der Waals surface area contributed by atoms with E-state index in [1.54, 1.807) is 34.6 Å². The van der Waals surface area contributed by atoms with Crippen molar-refractivity contribution in [2.45, 2.75) is 85.2 Å². The molecule has 0 aromatic carbocycles. The monoisotopic (exact) mass is 415 g/mol. The molecule has 0 saturated carbocycles. The molecule has 0 bridgehead atoms. The van der Waals surface area contributed by atoms with Crippen LogP contribution in [0.25, 0.3) is 0 Å². The van der Waals surface area contributed by atoms with Crippen LogP contribution in [0.4, 0.5) is 4.79 Å². The molecule has 29 heavy (non-hydrogen) atoms. The first-order chi connectivity index (χ1) is 13.0. The summed E-state index contributed by atoms with van der Waals surface area (Å²) in [6, 6.07) is -2.84.